The summed E-state index contributed by atoms with van der Waals surface area (Å²) < 4.78 is 0. The number of nitriles is 1. The second kappa shape index (κ2) is 7.30. The van der Waals surface area contributed by atoms with E-state index < -0.39 is 0 Å². The molecule has 1 fully saturated rings. The third-order valence-electron chi connectivity index (χ3n) is 5.70. The Morgan fingerprint density at radius 3 is 2.86 bits per heavy atom. The summed E-state index contributed by atoms with van der Waals surface area (Å²) in [5.41, 5.74) is 11.5. The van der Waals surface area contributed by atoms with Gasteiger partial charge in [-0.2, -0.15) is 5.26 Å². The number of benzene rings is 1. The number of carbonyl (C=O) groups is 1. The maximum absolute atomic E-state index is 13.3. The largest absolute Gasteiger partial charge is 0.330 e. The quantitative estimate of drug-likeness (QED) is 0.834. The third kappa shape index (κ3) is 3.15. The van der Waals surface area contributed by atoms with Gasteiger partial charge in [-0.15, -0.1) is 0 Å². The summed E-state index contributed by atoms with van der Waals surface area (Å²) in [7, 11) is 0. The number of aryl methyl sites for hydroxylation is 1. The normalized spacial score (nSPS) is 21.3. The summed E-state index contributed by atoms with van der Waals surface area (Å²) in [6, 6.07) is 7.68. The molecular weight excluding hydrogens is 352 g/mol. The first-order valence-corrected chi connectivity index (χ1v) is 9.65. The van der Waals surface area contributed by atoms with Crippen LogP contribution in [-0.4, -0.2) is 33.4 Å². The highest BCUT2D eigenvalue weighted by Crippen LogP contribution is 2.30. The van der Waals surface area contributed by atoms with E-state index in [4.69, 9.17) is 4.98 Å². The van der Waals surface area contributed by atoms with E-state index in [2.05, 4.69) is 28.8 Å². The zero-order valence-electron chi connectivity index (χ0n) is 16.4. The van der Waals surface area contributed by atoms with Crippen molar-refractivity contribution in [2.24, 2.45) is 0 Å². The molecule has 2 atom stereocenters. The molecule has 2 N–H and O–H groups in total. The Morgan fingerprint density at radius 2 is 2.14 bits per heavy atom. The second-order valence-corrected chi connectivity index (χ2v) is 7.57. The van der Waals surface area contributed by atoms with Crippen molar-refractivity contribution < 1.29 is 4.79 Å². The van der Waals surface area contributed by atoms with Crippen LogP contribution in [0.1, 0.15) is 63.6 Å². The molecule has 0 radical (unpaired) electrons. The summed E-state index contributed by atoms with van der Waals surface area (Å²) >= 11 is 0. The standard InChI is InChI=1S/C21H24N6O/c1-12-9-17-19(24-14(3)25-20(17)18-7-8-23-26-18)11-27(12)21(28)16-6-4-5-15(10-22)13(16)2/h4-6,12,18,23,26H,7-9,11H2,1-3H3. The highest BCUT2D eigenvalue weighted by atomic mass is 16.2. The molecule has 0 saturated carbocycles. The van der Waals surface area contributed by atoms with Crippen molar-refractivity contribution in [2.45, 2.75) is 52.2 Å². The molecule has 2 aliphatic heterocycles. The summed E-state index contributed by atoms with van der Waals surface area (Å²) in [4.78, 5) is 24.5. The molecule has 28 heavy (non-hydrogen) atoms. The maximum atomic E-state index is 13.3. The average molecular weight is 376 g/mol. The molecule has 7 nitrogen and oxygen atoms in total. The molecule has 0 spiro atoms. The number of fused-ring (bicyclic) bond motifs is 1. The van der Waals surface area contributed by atoms with E-state index in [0.29, 0.717) is 17.7 Å². The number of hydrazine groups is 1. The van der Waals surface area contributed by atoms with Crippen LogP contribution in [0.5, 0.6) is 0 Å². The fourth-order valence-electron chi connectivity index (χ4n) is 4.15. The minimum Gasteiger partial charge on any atom is -0.330 e. The molecule has 1 aromatic heterocycles. The van der Waals surface area contributed by atoms with Crippen LogP contribution in [-0.2, 0) is 13.0 Å². The van der Waals surface area contributed by atoms with Crippen LogP contribution in [0.25, 0.3) is 0 Å². The molecule has 0 aliphatic carbocycles. The maximum Gasteiger partial charge on any atom is 0.254 e. The molecule has 0 bridgehead atoms. The van der Waals surface area contributed by atoms with Gasteiger partial charge in [0.2, 0.25) is 0 Å². The predicted molar refractivity (Wildman–Crippen MR) is 104 cm³/mol. The van der Waals surface area contributed by atoms with Crippen molar-refractivity contribution in [1.29, 1.82) is 5.26 Å². The Labute approximate surface area is 164 Å². The van der Waals surface area contributed by atoms with Crippen LogP contribution >= 0.6 is 0 Å². The predicted octanol–water partition coefficient (Wildman–Crippen LogP) is 2.09. The third-order valence-corrected chi connectivity index (χ3v) is 5.70. The number of hydrogen-bond acceptors (Lipinski definition) is 6. The smallest absolute Gasteiger partial charge is 0.254 e. The van der Waals surface area contributed by atoms with Crippen LogP contribution < -0.4 is 10.9 Å². The number of carbonyl (C=O) groups excluding carboxylic acids is 1. The molecular formula is C21H24N6O. The summed E-state index contributed by atoms with van der Waals surface area (Å²) in [6.45, 7) is 7.17. The van der Waals surface area contributed by atoms with Crippen molar-refractivity contribution in [3.63, 3.8) is 0 Å². The highest BCUT2D eigenvalue weighted by Gasteiger charge is 2.33. The Hall–Kier alpha value is -2.82. The summed E-state index contributed by atoms with van der Waals surface area (Å²) in [6.07, 6.45) is 1.71. The zero-order valence-corrected chi connectivity index (χ0v) is 16.4. The van der Waals surface area contributed by atoms with E-state index in [1.54, 1.807) is 18.2 Å². The van der Waals surface area contributed by atoms with Crippen molar-refractivity contribution in [2.75, 3.05) is 6.54 Å². The molecule has 7 heteroatoms. The second-order valence-electron chi connectivity index (χ2n) is 7.57. The lowest BCUT2D eigenvalue weighted by Crippen LogP contribution is -2.44. The van der Waals surface area contributed by atoms with E-state index in [0.717, 1.165) is 47.7 Å². The first-order valence-electron chi connectivity index (χ1n) is 9.65. The van der Waals surface area contributed by atoms with Crippen LogP contribution in [0.15, 0.2) is 18.2 Å². The highest BCUT2D eigenvalue weighted by molar-refractivity contribution is 5.96. The first kappa shape index (κ1) is 18.5. The lowest BCUT2D eigenvalue weighted by Gasteiger charge is -2.36. The first-order chi connectivity index (χ1) is 13.5. The van der Waals surface area contributed by atoms with Crippen molar-refractivity contribution >= 4 is 5.91 Å². The fraction of sp³-hybridized carbons (Fsp3) is 0.429. The van der Waals surface area contributed by atoms with Crippen molar-refractivity contribution in [3.05, 3.63) is 57.7 Å². The van der Waals surface area contributed by atoms with Gasteiger partial charge < -0.3 is 4.90 Å². The van der Waals surface area contributed by atoms with Gasteiger partial charge in [-0.1, -0.05) is 6.07 Å². The lowest BCUT2D eigenvalue weighted by atomic mass is 9.92. The SMILES string of the molecule is Cc1nc2c(c(C3CCNN3)n1)CC(C)N(C(=O)c1cccc(C#N)c1C)C2. The molecule has 1 saturated heterocycles. The lowest BCUT2D eigenvalue weighted by molar-refractivity contribution is 0.0652. The number of rotatable bonds is 2. The van der Waals surface area contributed by atoms with Crippen molar-refractivity contribution in [1.82, 2.24) is 25.7 Å². The Balaban J connectivity index is 1.69. The molecule has 3 heterocycles. The summed E-state index contributed by atoms with van der Waals surface area (Å²) in [5, 5.41) is 9.28. The minimum atomic E-state index is -0.0498. The van der Waals surface area contributed by atoms with Crippen molar-refractivity contribution in [3.8, 4) is 6.07 Å². The van der Waals surface area contributed by atoms with E-state index in [9.17, 15) is 10.1 Å². The zero-order chi connectivity index (χ0) is 19.8. The number of aromatic nitrogens is 2. The van der Waals surface area contributed by atoms with Crippen LogP contribution in [0, 0.1) is 25.2 Å². The minimum absolute atomic E-state index is 0.0320. The van der Waals surface area contributed by atoms with Gasteiger partial charge in [0, 0.05) is 23.7 Å². The number of amides is 1. The fourth-order valence-corrected chi connectivity index (χ4v) is 4.15. The van der Waals surface area contributed by atoms with E-state index in [1.807, 2.05) is 18.7 Å². The Morgan fingerprint density at radius 1 is 1.32 bits per heavy atom. The molecule has 1 aromatic carbocycles. The van der Waals surface area contributed by atoms with Gasteiger partial charge >= 0.3 is 0 Å². The van der Waals surface area contributed by atoms with E-state index in [-0.39, 0.29) is 18.0 Å². The van der Waals surface area contributed by atoms with Gasteiger partial charge in [0.25, 0.3) is 5.91 Å². The number of hydrogen-bond donors (Lipinski definition) is 2. The topological polar surface area (TPSA) is 93.9 Å². The van der Waals surface area contributed by atoms with Gasteiger partial charge in [-0.25, -0.2) is 15.4 Å². The molecule has 144 valence electrons. The van der Waals surface area contributed by atoms with Gasteiger partial charge in [0.15, 0.2) is 0 Å². The van der Waals surface area contributed by atoms with E-state index in [1.165, 1.54) is 0 Å². The Kier molecular flexibility index (Phi) is 4.84. The number of nitrogens with one attached hydrogen (secondary N) is 2. The average Bonchev–Trinajstić information content (AvgIpc) is 3.21. The summed E-state index contributed by atoms with van der Waals surface area (Å²) in [5.74, 6) is 0.679. The van der Waals surface area contributed by atoms with Crippen LogP contribution in [0.2, 0.25) is 0 Å². The van der Waals surface area contributed by atoms with Gasteiger partial charge in [-0.3, -0.25) is 10.2 Å². The number of nitrogens with zero attached hydrogens (tertiary/aromatic N) is 4. The van der Waals surface area contributed by atoms with Gasteiger partial charge in [-0.05, 0) is 51.3 Å². The van der Waals surface area contributed by atoms with E-state index >= 15 is 0 Å². The monoisotopic (exact) mass is 376 g/mol. The van der Waals surface area contributed by atoms with Gasteiger partial charge in [0.1, 0.15) is 5.82 Å². The van der Waals surface area contributed by atoms with Crippen LogP contribution in [0.4, 0.5) is 0 Å². The molecule has 2 unspecified atom stereocenters. The molecule has 1 amide bonds. The Bertz CT molecular complexity index is 974. The van der Waals surface area contributed by atoms with Gasteiger partial charge in [0.05, 0.1) is 35.6 Å². The van der Waals surface area contributed by atoms with Crippen LogP contribution in [0.3, 0.4) is 0 Å². The molecule has 4 rings (SSSR count). The molecule has 2 aromatic rings. The molecule has 2 aliphatic rings.